The number of ether oxygens (including phenoxy) is 1. The molecule has 0 aliphatic carbocycles. The van der Waals surface area contributed by atoms with Crippen LogP contribution >= 0.6 is 0 Å². The number of hydrogen-bond donors (Lipinski definition) is 2. The van der Waals surface area contributed by atoms with Gasteiger partial charge in [0, 0.05) is 23.4 Å². The number of carbonyl (C=O) groups is 2. The molecular formula is C17H15N3O6. The SMILES string of the molecule is COC(=O)C1=C(C)NC(=O)NC1c1ccc(-c2ccc([N+](=O)[O-])cc2)o1. The Morgan fingerprint density at radius 2 is 1.92 bits per heavy atom. The van der Waals surface area contributed by atoms with E-state index in [1.54, 1.807) is 31.2 Å². The third-order valence-corrected chi connectivity index (χ3v) is 3.95. The van der Waals surface area contributed by atoms with Crippen LogP contribution in [0.1, 0.15) is 18.7 Å². The van der Waals surface area contributed by atoms with E-state index in [9.17, 15) is 19.7 Å². The second-order valence-electron chi connectivity index (χ2n) is 5.57. The van der Waals surface area contributed by atoms with Crippen LogP contribution in [-0.4, -0.2) is 24.0 Å². The minimum Gasteiger partial charge on any atom is -0.466 e. The quantitative estimate of drug-likeness (QED) is 0.492. The highest BCUT2D eigenvalue weighted by molar-refractivity contribution is 5.94. The Kier molecular flexibility index (Phi) is 4.44. The molecule has 0 bridgehead atoms. The van der Waals surface area contributed by atoms with E-state index >= 15 is 0 Å². The van der Waals surface area contributed by atoms with Crippen LogP contribution in [0.3, 0.4) is 0 Å². The van der Waals surface area contributed by atoms with Gasteiger partial charge in [0.15, 0.2) is 0 Å². The van der Waals surface area contributed by atoms with E-state index in [1.165, 1.54) is 19.2 Å². The zero-order chi connectivity index (χ0) is 18.8. The summed E-state index contributed by atoms with van der Waals surface area (Å²) in [5.74, 6) is 0.200. The summed E-state index contributed by atoms with van der Waals surface area (Å²) in [4.78, 5) is 34.1. The molecule has 9 heteroatoms. The first-order valence-electron chi connectivity index (χ1n) is 7.62. The molecule has 1 aliphatic heterocycles. The zero-order valence-electron chi connectivity index (χ0n) is 13.9. The lowest BCUT2D eigenvalue weighted by atomic mass is 10.0. The van der Waals surface area contributed by atoms with Crippen LogP contribution in [0, 0.1) is 10.1 Å². The van der Waals surface area contributed by atoms with Crippen molar-refractivity contribution in [3.05, 3.63) is 63.5 Å². The van der Waals surface area contributed by atoms with E-state index in [4.69, 9.17) is 9.15 Å². The van der Waals surface area contributed by atoms with Gasteiger partial charge in [-0.1, -0.05) is 0 Å². The van der Waals surface area contributed by atoms with Gasteiger partial charge in [0.05, 0.1) is 17.6 Å². The van der Waals surface area contributed by atoms with E-state index in [-0.39, 0.29) is 11.3 Å². The molecule has 1 aliphatic rings. The van der Waals surface area contributed by atoms with Crippen molar-refractivity contribution in [2.24, 2.45) is 0 Å². The number of benzene rings is 1. The standard InChI is InChI=1S/C17H15N3O6/c1-9-14(16(21)25-2)15(19-17(22)18-9)13-8-7-12(26-13)10-3-5-11(6-4-10)20(23)24/h3-8,15H,1-2H3,(H2,18,19,22). The second-order valence-corrected chi connectivity index (χ2v) is 5.57. The van der Waals surface area contributed by atoms with Gasteiger partial charge < -0.3 is 19.8 Å². The van der Waals surface area contributed by atoms with Crippen LogP contribution in [-0.2, 0) is 9.53 Å². The lowest BCUT2D eigenvalue weighted by Gasteiger charge is -2.26. The number of furan rings is 1. The number of amides is 2. The summed E-state index contributed by atoms with van der Waals surface area (Å²) in [5.41, 5.74) is 1.20. The average molecular weight is 357 g/mol. The van der Waals surface area contributed by atoms with Gasteiger partial charge in [0.2, 0.25) is 0 Å². The first-order chi connectivity index (χ1) is 12.4. The van der Waals surface area contributed by atoms with E-state index in [1.807, 2.05) is 0 Å². The largest absolute Gasteiger partial charge is 0.466 e. The number of nitrogens with one attached hydrogen (secondary N) is 2. The summed E-state index contributed by atoms with van der Waals surface area (Å²) in [7, 11) is 1.25. The monoisotopic (exact) mass is 357 g/mol. The fraction of sp³-hybridized carbons (Fsp3) is 0.176. The molecule has 1 unspecified atom stereocenters. The number of methoxy groups -OCH3 is 1. The van der Waals surface area contributed by atoms with E-state index in [0.29, 0.717) is 22.8 Å². The van der Waals surface area contributed by atoms with Crippen LogP contribution in [0.25, 0.3) is 11.3 Å². The molecular weight excluding hydrogens is 342 g/mol. The van der Waals surface area contributed by atoms with Gasteiger partial charge in [-0.2, -0.15) is 0 Å². The molecule has 1 aromatic heterocycles. The highest BCUT2D eigenvalue weighted by Crippen LogP contribution is 2.32. The van der Waals surface area contributed by atoms with E-state index in [2.05, 4.69) is 10.6 Å². The predicted octanol–water partition coefficient (Wildman–Crippen LogP) is 2.66. The Labute approximate surface area is 147 Å². The molecule has 0 radical (unpaired) electrons. The molecule has 9 nitrogen and oxygen atoms in total. The van der Waals surface area contributed by atoms with Crippen molar-refractivity contribution in [2.45, 2.75) is 13.0 Å². The van der Waals surface area contributed by atoms with Gasteiger partial charge in [0.1, 0.15) is 17.6 Å². The van der Waals surface area contributed by atoms with Gasteiger partial charge in [-0.05, 0) is 31.2 Å². The molecule has 2 heterocycles. The minimum absolute atomic E-state index is 0.0299. The maximum Gasteiger partial charge on any atom is 0.338 e. The van der Waals surface area contributed by atoms with Gasteiger partial charge in [-0.15, -0.1) is 0 Å². The fourth-order valence-corrected chi connectivity index (χ4v) is 2.70. The number of rotatable bonds is 4. The molecule has 1 aromatic carbocycles. The Morgan fingerprint density at radius 3 is 2.54 bits per heavy atom. The van der Waals surface area contributed by atoms with Crippen LogP contribution in [0.15, 0.2) is 52.1 Å². The Morgan fingerprint density at radius 1 is 1.23 bits per heavy atom. The summed E-state index contributed by atoms with van der Waals surface area (Å²) >= 11 is 0. The second kappa shape index (κ2) is 6.71. The number of urea groups is 1. The molecule has 0 spiro atoms. The number of non-ortho nitro benzene ring substituents is 1. The number of allylic oxidation sites excluding steroid dienone is 1. The highest BCUT2D eigenvalue weighted by atomic mass is 16.6. The Bertz CT molecular complexity index is 913. The third kappa shape index (κ3) is 3.14. The van der Waals surface area contributed by atoms with Crippen LogP contribution in [0.4, 0.5) is 10.5 Å². The van der Waals surface area contributed by atoms with Crippen molar-refractivity contribution in [1.29, 1.82) is 0 Å². The van der Waals surface area contributed by atoms with Crippen LogP contribution in [0.2, 0.25) is 0 Å². The molecule has 2 aromatic rings. The molecule has 2 N–H and O–H groups in total. The van der Waals surface area contributed by atoms with Crippen LogP contribution in [0.5, 0.6) is 0 Å². The van der Waals surface area contributed by atoms with Gasteiger partial charge in [-0.3, -0.25) is 10.1 Å². The first-order valence-corrected chi connectivity index (χ1v) is 7.62. The predicted molar refractivity (Wildman–Crippen MR) is 89.9 cm³/mol. The maximum absolute atomic E-state index is 12.1. The zero-order valence-corrected chi connectivity index (χ0v) is 13.9. The molecule has 1 atom stereocenters. The van der Waals surface area contributed by atoms with Crippen LogP contribution < -0.4 is 10.6 Å². The molecule has 26 heavy (non-hydrogen) atoms. The number of nitrogens with zero attached hydrogens (tertiary/aromatic N) is 1. The third-order valence-electron chi connectivity index (χ3n) is 3.95. The van der Waals surface area contributed by atoms with E-state index in [0.717, 1.165) is 0 Å². The lowest BCUT2D eigenvalue weighted by molar-refractivity contribution is -0.384. The van der Waals surface area contributed by atoms with Gasteiger partial charge in [0.25, 0.3) is 5.69 Å². The van der Waals surface area contributed by atoms with Gasteiger partial charge in [-0.25, -0.2) is 9.59 Å². The fourth-order valence-electron chi connectivity index (χ4n) is 2.70. The van der Waals surface area contributed by atoms with Crippen molar-refractivity contribution in [1.82, 2.24) is 10.6 Å². The summed E-state index contributed by atoms with van der Waals surface area (Å²) in [6.07, 6.45) is 0. The number of nitro groups is 1. The Balaban J connectivity index is 1.95. The molecule has 2 amide bonds. The number of carbonyl (C=O) groups excluding carboxylic acids is 2. The van der Waals surface area contributed by atoms with Crippen molar-refractivity contribution >= 4 is 17.7 Å². The van der Waals surface area contributed by atoms with Crippen molar-refractivity contribution in [3.8, 4) is 11.3 Å². The van der Waals surface area contributed by atoms with Gasteiger partial charge >= 0.3 is 12.0 Å². The molecule has 134 valence electrons. The maximum atomic E-state index is 12.1. The highest BCUT2D eigenvalue weighted by Gasteiger charge is 2.33. The molecule has 0 saturated carbocycles. The van der Waals surface area contributed by atoms with Crippen molar-refractivity contribution in [3.63, 3.8) is 0 Å². The summed E-state index contributed by atoms with van der Waals surface area (Å²) in [5, 5.41) is 15.9. The topological polar surface area (TPSA) is 124 Å². The first kappa shape index (κ1) is 17.2. The smallest absolute Gasteiger partial charge is 0.338 e. The minimum atomic E-state index is -0.803. The Hall–Kier alpha value is -3.62. The number of hydrogen-bond acceptors (Lipinski definition) is 6. The normalized spacial score (nSPS) is 16.7. The van der Waals surface area contributed by atoms with Crippen molar-refractivity contribution in [2.75, 3.05) is 7.11 Å². The van der Waals surface area contributed by atoms with E-state index < -0.39 is 23.0 Å². The number of esters is 1. The summed E-state index contributed by atoms with van der Waals surface area (Å²) in [6, 6.07) is 7.88. The average Bonchev–Trinajstić information content (AvgIpc) is 3.10. The van der Waals surface area contributed by atoms with Crippen molar-refractivity contribution < 1.29 is 23.7 Å². The molecule has 0 saturated heterocycles. The molecule has 0 fully saturated rings. The summed E-state index contributed by atoms with van der Waals surface area (Å²) < 4.78 is 10.6. The number of nitro benzene ring substituents is 1. The lowest BCUT2D eigenvalue weighted by Crippen LogP contribution is -2.45. The summed E-state index contributed by atoms with van der Waals surface area (Å²) in [6.45, 7) is 1.60. The molecule has 3 rings (SSSR count).